The van der Waals surface area contributed by atoms with Crippen molar-refractivity contribution >= 4 is 5.97 Å². The third kappa shape index (κ3) is 2.82. The molecular weight excluding hydrogens is 214 g/mol. The molecule has 0 heterocycles. The first-order valence-corrected chi connectivity index (χ1v) is 6.85. The van der Waals surface area contributed by atoms with Crippen molar-refractivity contribution in [2.24, 2.45) is 11.3 Å². The first kappa shape index (κ1) is 12.9. The number of nitrogens with one attached hydrogen (secondary N) is 1. The van der Waals surface area contributed by atoms with Crippen LogP contribution in [-0.2, 0) is 4.79 Å². The molecule has 0 aromatic carbocycles. The molecule has 3 heteroatoms. The molecule has 2 N–H and O–H groups in total. The first-order chi connectivity index (χ1) is 7.83. The van der Waals surface area contributed by atoms with E-state index in [1.807, 2.05) is 0 Å². The lowest BCUT2D eigenvalue weighted by Crippen LogP contribution is -2.55. The van der Waals surface area contributed by atoms with Gasteiger partial charge >= 0.3 is 5.97 Å². The Morgan fingerprint density at radius 3 is 2.06 bits per heavy atom. The summed E-state index contributed by atoms with van der Waals surface area (Å²) in [6, 6.07) is 0.470. The topological polar surface area (TPSA) is 49.3 Å². The molecule has 0 bridgehead atoms. The van der Waals surface area contributed by atoms with Gasteiger partial charge in [0, 0.05) is 6.04 Å². The van der Waals surface area contributed by atoms with E-state index in [1.54, 1.807) is 0 Å². The lowest BCUT2D eigenvalue weighted by atomic mass is 9.67. The van der Waals surface area contributed by atoms with Crippen LogP contribution in [0.3, 0.4) is 0 Å². The highest BCUT2D eigenvalue weighted by Gasteiger charge is 2.46. The molecule has 0 amide bonds. The Hall–Kier alpha value is -0.570. The van der Waals surface area contributed by atoms with Crippen LogP contribution in [0.2, 0.25) is 0 Å². The van der Waals surface area contributed by atoms with Gasteiger partial charge in [-0.1, -0.05) is 20.8 Å². The van der Waals surface area contributed by atoms with Crippen molar-refractivity contribution in [1.29, 1.82) is 0 Å². The predicted molar refractivity (Wildman–Crippen MR) is 67.9 cm³/mol. The zero-order valence-corrected chi connectivity index (χ0v) is 11.3. The van der Waals surface area contributed by atoms with Gasteiger partial charge in [-0.15, -0.1) is 0 Å². The quantitative estimate of drug-likeness (QED) is 0.796. The normalized spacial score (nSPS) is 34.6. The molecule has 0 atom stereocenters. The van der Waals surface area contributed by atoms with Crippen LogP contribution in [0, 0.1) is 11.3 Å². The molecule has 2 aliphatic rings. The van der Waals surface area contributed by atoms with Gasteiger partial charge in [0.1, 0.15) is 5.54 Å². The Morgan fingerprint density at radius 1 is 1.18 bits per heavy atom. The second-order valence-corrected chi connectivity index (χ2v) is 6.95. The van der Waals surface area contributed by atoms with Gasteiger partial charge in [0.15, 0.2) is 0 Å². The summed E-state index contributed by atoms with van der Waals surface area (Å²) in [5.74, 6) is 0.0211. The van der Waals surface area contributed by atoms with Crippen molar-refractivity contribution in [3.63, 3.8) is 0 Å². The van der Waals surface area contributed by atoms with Gasteiger partial charge in [-0.3, -0.25) is 10.1 Å². The van der Waals surface area contributed by atoms with E-state index in [-0.39, 0.29) is 0 Å². The average Bonchev–Trinajstić information content (AvgIpc) is 3.00. The number of hydrogen-bond acceptors (Lipinski definition) is 2. The van der Waals surface area contributed by atoms with Crippen molar-refractivity contribution in [2.45, 2.75) is 70.9 Å². The number of carboxylic acids is 1. The highest BCUT2D eigenvalue weighted by atomic mass is 16.4. The standard InChI is InChI=1S/C14H25NO2/c1-13(2,3)10-6-8-14(9-7-10,12(16)17)15-11-4-5-11/h10-11,15H,4-9H2,1-3H3,(H,16,17). The SMILES string of the molecule is CC(C)(C)C1CCC(NC2CC2)(C(=O)O)CC1. The molecular formula is C14H25NO2. The Bertz CT molecular complexity index is 294. The summed E-state index contributed by atoms with van der Waals surface area (Å²) in [5, 5.41) is 12.9. The van der Waals surface area contributed by atoms with Crippen molar-refractivity contribution in [2.75, 3.05) is 0 Å². The summed E-state index contributed by atoms with van der Waals surface area (Å²) in [6.07, 6.45) is 5.96. The van der Waals surface area contributed by atoms with Gasteiger partial charge in [0.05, 0.1) is 0 Å². The van der Waals surface area contributed by atoms with Crippen LogP contribution in [0.1, 0.15) is 59.3 Å². The second-order valence-electron chi connectivity index (χ2n) is 6.95. The van der Waals surface area contributed by atoms with Crippen LogP contribution < -0.4 is 5.32 Å². The third-order valence-corrected chi connectivity index (χ3v) is 4.53. The highest BCUT2D eigenvalue weighted by Crippen LogP contribution is 2.42. The molecule has 17 heavy (non-hydrogen) atoms. The smallest absolute Gasteiger partial charge is 0.323 e. The lowest BCUT2D eigenvalue weighted by Gasteiger charge is -2.42. The van der Waals surface area contributed by atoms with E-state index in [2.05, 4.69) is 26.1 Å². The van der Waals surface area contributed by atoms with Gasteiger partial charge in [-0.05, 0) is 49.9 Å². The number of hydrogen-bond donors (Lipinski definition) is 2. The van der Waals surface area contributed by atoms with Crippen molar-refractivity contribution < 1.29 is 9.90 Å². The molecule has 3 nitrogen and oxygen atoms in total. The Kier molecular flexibility index (Phi) is 3.23. The minimum Gasteiger partial charge on any atom is -0.480 e. The predicted octanol–water partition coefficient (Wildman–Crippen LogP) is 2.80. The van der Waals surface area contributed by atoms with E-state index in [0.29, 0.717) is 17.4 Å². The Morgan fingerprint density at radius 2 is 1.71 bits per heavy atom. The molecule has 98 valence electrons. The fourth-order valence-electron chi connectivity index (χ4n) is 3.01. The summed E-state index contributed by atoms with van der Waals surface area (Å²) >= 11 is 0. The summed E-state index contributed by atoms with van der Waals surface area (Å²) in [7, 11) is 0. The minimum absolute atomic E-state index is 0.310. The van der Waals surface area contributed by atoms with Crippen molar-refractivity contribution in [3.8, 4) is 0 Å². The maximum atomic E-state index is 11.5. The van der Waals surface area contributed by atoms with Crippen LogP contribution in [0.15, 0.2) is 0 Å². The summed E-state index contributed by atoms with van der Waals surface area (Å²) in [5.41, 5.74) is -0.312. The molecule has 0 radical (unpaired) electrons. The largest absolute Gasteiger partial charge is 0.480 e. The van der Waals surface area contributed by atoms with Crippen LogP contribution in [-0.4, -0.2) is 22.7 Å². The maximum Gasteiger partial charge on any atom is 0.323 e. The summed E-state index contributed by atoms with van der Waals surface area (Å²) < 4.78 is 0. The van der Waals surface area contributed by atoms with Crippen molar-refractivity contribution in [1.82, 2.24) is 5.32 Å². The van der Waals surface area contributed by atoms with Crippen molar-refractivity contribution in [3.05, 3.63) is 0 Å². The van der Waals surface area contributed by atoms with Gasteiger partial charge < -0.3 is 5.11 Å². The monoisotopic (exact) mass is 239 g/mol. The number of rotatable bonds is 3. The Balaban J connectivity index is 2.00. The average molecular weight is 239 g/mol. The van der Waals surface area contributed by atoms with Crippen LogP contribution in [0.4, 0.5) is 0 Å². The zero-order valence-electron chi connectivity index (χ0n) is 11.3. The van der Waals surface area contributed by atoms with E-state index >= 15 is 0 Å². The molecule has 2 fully saturated rings. The highest BCUT2D eigenvalue weighted by molar-refractivity contribution is 5.79. The first-order valence-electron chi connectivity index (χ1n) is 6.85. The molecule has 2 saturated carbocycles. The molecule has 2 aliphatic carbocycles. The van der Waals surface area contributed by atoms with Crippen LogP contribution in [0.5, 0.6) is 0 Å². The summed E-state index contributed by atoms with van der Waals surface area (Å²) in [6.45, 7) is 6.79. The van der Waals surface area contributed by atoms with Crippen LogP contribution in [0.25, 0.3) is 0 Å². The van der Waals surface area contributed by atoms with Gasteiger partial charge in [0.2, 0.25) is 0 Å². The number of aliphatic carboxylic acids is 1. The van der Waals surface area contributed by atoms with E-state index in [0.717, 1.165) is 38.5 Å². The minimum atomic E-state index is -0.642. The van der Waals surface area contributed by atoms with Gasteiger partial charge in [0.25, 0.3) is 0 Å². The van der Waals surface area contributed by atoms with Crippen LogP contribution >= 0.6 is 0 Å². The molecule has 0 spiro atoms. The fourth-order valence-corrected chi connectivity index (χ4v) is 3.01. The Labute approximate surface area is 104 Å². The van der Waals surface area contributed by atoms with E-state index in [1.165, 1.54) is 0 Å². The lowest BCUT2D eigenvalue weighted by molar-refractivity contribution is -0.147. The molecule has 0 aromatic heterocycles. The van der Waals surface area contributed by atoms with E-state index < -0.39 is 11.5 Å². The number of carboxylic acid groups (broad SMARTS) is 1. The fraction of sp³-hybridized carbons (Fsp3) is 0.929. The van der Waals surface area contributed by atoms with Gasteiger partial charge in [-0.25, -0.2) is 0 Å². The molecule has 0 aromatic rings. The third-order valence-electron chi connectivity index (χ3n) is 4.53. The maximum absolute atomic E-state index is 11.5. The number of carbonyl (C=O) groups is 1. The molecule has 2 rings (SSSR count). The van der Waals surface area contributed by atoms with E-state index in [9.17, 15) is 9.90 Å². The zero-order chi connectivity index (χ0) is 12.7. The molecule has 0 unspecified atom stereocenters. The molecule has 0 saturated heterocycles. The van der Waals surface area contributed by atoms with E-state index in [4.69, 9.17) is 0 Å². The molecule has 0 aliphatic heterocycles. The van der Waals surface area contributed by atoms with Gasteiger partial charge in [-0.2, -0.15) is 0 Å². The summed E-state index contributed by atoms with van der Waals surface area (Å²) in [4.78, 5) is 11.5. The second kappa shape index (κ2) is 4.27.